The van der Waals surface area contributed by atoms with E-state index in [0.717, 1.165) is 34.0 Å². The lowest BCUT2D eigenvalue weighted by Crippen LogP contribution is -2.28. The van der Waals surface area contributed by atoms with Crippen LogP contribution in [0.2, 0.25) is 0 Å². The van der Waals surface area contributed by atoms with Gasteiger partial charge in [0.05, 0.1) is 11.4 Å². The van der Waals surface area contributed by atoms with Crippen LogP contribution >= 0.6 is 11.8 Å². The number of rotatable bonds is 5. The molecular weight excluding hydrogens is 290 g/mol. The highest BCUT2D eigenvalue weighted by atomic mass is 32.2. The second kappa shape index (κ2) is 7.01. The van der Waals surface area contributed by atoms with E-state index in [1.54, 1.807) is 11.8 Å². The molecule has 114 valence electrons. The van der Waals surface area contributed by atoms with Crippen molar-refractivity contribution in [3.8, 4) is 0 Å². The van der Waals surface area contributed by atoms with Crippen molar-refractivity contribution in [1.82, 2.24) is 0 Å². The molecule has 1 aliphatic rings. The summed E-state index contributed by atoms with van der Waals surface area (Å²) in [4.78, 5) is 17.0. The van der Waals surface area contributed by atoms with E-state index < -0.39 is 0 Å². The third kappa shape index (κ3) is 3.05. The van der Waals surface area contributed by atoms with Gasteiger partial charge in [0.15, 0.2) is 0 Å². The maximum atomic E-state index is 12.8. The number of hydrogen-bond donors (Lipinski definition) is 0. The number of nitrogens with zero attached hydrogens (tertiary/aromatic N) is 1. The largest absolute Gasteiger partial charge is 0.279 e. The molecule has 0 bridgehead atoms. The van der Waals surface area contributed by atoms with Crippen molar-refractivity contribution < 1.29 is 4.79 Å². The number of hydrogen-bond acceptors (Lipinski definition) is 2. The van der Waals surface area contributed by atoms with Gasteiger partial charge >= 0.3 is 0 Å². The molecule has 0 aliphatic carbocycles. The van der Waals surface area contributed by atoms with Gasteiger partial charge in [0.25, 0.3) is 0 Å². The van der Waals surface area contributed by atoms with Crippen LogP contribution in [0.4, 0.5) is 11.4 Å². The van der Waals surface area contributed by atoms with Crippen molar-refractivity contribution in [1.29, 1.82) is 0 Å². The van der Waals surface area contributed by atoms with Gasteiger partial charge in [-0.3, -0.25) is 9.69 Å². The van der Waals surface area contributed by atoms with E-state index in [9.17, 15) is 4.79 Å². The van der Waals surface area contributed by atoms with Crippen molar-refractivity contribution >= 4 is 29.0 Å². The van der Waals surface area contributed by atoms with Gasteiger partial charge < -0.3 is 0 Å². The second-order valence-corrected chi connectivity index (χ2v) is 6.66. The Kier molecular flexibility index (Phi) is 4.84. The lowest BCUT2D eigenvalue weighted by atomic mass is 10.1. The average molecular weight is 311 g/mol. The smallest absolute Gasteiger partial charge is 0.231 e. The summed E-state index contributed by atoms with van der Waals surface area (Å²) in [7, 11) is 0. The van der Waals surface area contributed by atoms with Crippen LogP contribution in [0.25, 0.3) is 0 Å². The summed E-state index contributed by atoms with van der Waals surface area (Å²) in [5.74, 6) is 0.205. The Morgan fingerprint density at radius 2 is 1.50 bits per heavy atom. The number of fused-ring (bicyclic) bond motifs is 2. The molecule has 0 spiro atoms. The maximum Gasteiger partial charge on any atom is 0.231 e. The Hall–Kier alpha value is -1.74. The molecule has 2 aromatic carbocycles. The van der Waals surface area contributed by atoms with E-state index in [4.69, 9.17) is 0 Å². The predicted molar refractivity (Wildman–Crippen MR) is 92.9 cm³/mol. The Morgan fingerprint density at radius 1 is 0.909 bits per heavy atom. The van der Waals surface area contributed by atoms with E-state index in [-0.39, 0.29) is 5.91 Å². The first-order valence-electron chi connectivity index (χ1n) is 8.00. The van der Waals surface area contributed by atoms with Crippen LogP contribution in [-0.2, 0) is 4.79 Å². The Balaban J connectivity index is 1.88. The molecule has 0 N–H and O–H groups in total. The van der Waals surface area contributed by atoms with Crippen molar-refractivity contribution in [2.24, 2.45) is 0 Å². The third-order valence-electron chi connectivity index (χ3n) is 3.93. The van der Waals surface area contributed by atoms with Crippen LogP contribution in [-0.4, -0.2) is 5.91 Å². The summed E-state index contributed by atoms with van der Waals surface area (Å²) in [6.45, 7) is 2.19. The lowest BCUT2D eigenvalue weighted by molar-refractivity contribution is -0.118. The standard InChI is InChI=1S/C19H21NOS/c1-2-3-4-5-14-19(21)20-15-10-6-8-12-17(15)22-18-13-9-7-11-16(18)20/h6-13H,2-5,14H2,1H3. The summed E-state index contributed by atoms with van der Waals surface area (Å²) in [6, 6.07) is 16.3. The fourth-order valence-corrected chi connectivity index (χ4v) is 3.85. The van der Waals surface area contributed by atoms with E-state index in [1.807, 2.05) is 41.3 Å². The van der Waals surface area contributed by atoms with Crippen LogP contribution in [0, 0.1) is 0 Å². The minimum absolute atomic E-state index is 0.205. The van der Waals surface area contributed by atoms with Crippen LogP contribution in [0.3, 0.4) is 0 Å². The molecule has 2 nitrogen and oxygen atoms in total. The zero-order valence-electron chi connectivity index (χ0n) is 12.9. The van der Waals surface area contributed by atoms with Crippen LogP contribution in [0.15, 0.2) is 58.3 Å². The molecular formula is C19H21NOS. The molecule has 0 radical (unpaired) electrons. The highest BCUT2D eigenvalue weighted by Gasteiger charge is 2.27. The molecule has 1 aliphatic heterocycles. The first kappa shape index (κ1) is 15.2. The van der Waals surface area contributed by atoms with Gasteiger partial charge in [0.1, 0.15) is 0 Å². The third-order valence-corrected chi connectivity index (χ3v) is 5.06. The van der Waals surface area contributed by atoms with Crippen molar-refractivity contribution in [2.75, 3.05) is 4.90 Å². The van der Waals surface area contributed by atoms with Gasteiger partial charge in [0.2, 0.25) is 5.91 Å². The van der Waals surface area contributed by atoms with Gasteiger partial charge in [0, 0.05) is 16.2 Å². The molecule has 0 saturated carbocycles. The van der Waals surface area contributed by atoms with Crippen molar-refractivity contribution in [2.45, 2.75) is 48.8 Å². The van der Waals surface area contributed by atoms with Gasteiger partial charge in [-0.2, -0.15) is 0 Å². The first-order valence-corrected chi connectivity index (χ1v) is 8.82. The number of carbonyl (C=O) groups excluding carboxylic acids is 1. The molecule has 0 atom stereocenters. The van der Waals surface area contributed by atoms with E-state index in [2.05, 4.69) is 19.1 Å². The molecule has 0 aromatic heterocycles. The van der Waals surface area contributed by atoms with Gasteiger partial charge in [-0.05, 0) is 30.7 Å². The highest BCUT2D eigenvalue weighted by molar-refractivity contribution is 7.99. The summed E-state index contributed by atoms with van der Waals surface area (Å²) in [6.07, 6.45) is 5.12. The fourth-order valence-electron chi connectivity index (χ4n) is 2.79. The molecule has 0 saturated heterocycles. The van der Waals surface area contributed by atoms with Crippen LogP contribution in [0.1, 0.15) is 39.0 Å². The zero-order chi connectivity index (χ0) is 15.4. The average Bonchev–Trinajstić information content (AvgIpc) is 2.56. The highest BCUT2D eigenvalue weighted by Crippen LogP contribution is 2.48. The molecule has 2 aromatic rings. The molecule has 1 heterocycles. The molecule has 0 fully saturated rings. The summed E-state index contributed by atoms with van der Waals surface area (Å²) in [5, 5.41) is 0. The summed E-state index contributed by atoms with van der Waals surface area (Å²) < 4.78 is 0. The number of para-hydroxylation sites is 2. The molecule has 1 amide bonds. The number of benzene rings is 2. The number of carbonyl (C=O) groups is 1. The predicted octanol–water partition coefficient (Wildman–Crippen LogP) is 5.79. The van der Waals surface area contributed by atoms with Crippen LogP contribution in [0.5, 0.6) is 0 Å². The summed E-state index contributed by atoms with van der Waals surface area (Å²) >= 11 is 1.74. The monoisotopic (exact) mass is 311 g/mol. The zero-order valence-corrected chi connectivity index (χ0v) is 13.7. The van der Waals surface area contributed by atoms with Crippen molar-refractivity contribution in [3.05, 3.63) is 48.5 Å². The Morgan fingerprint density at radius 3 is 2.09 bits per heavy atom. The lowest BCUT2D eigenvalue weighted by Gasteiger charge is -2.31. The normalized spacial score (nSPS) is 12.7. The topological polar surface area (TPSA) is 20.3 Å². The maximum absolute atomic E-state index is 12.8. The first-order chi connectivity index (χ1) is 10.8. The van der Waals surface area contributed by atoms with E-state index >= 15 is 0 Å². The van der Waals surface area contributed by atoms with Crippen LogP contribution < -0.4 is 4.90 Å². The van der Waals surface area contributed by atoms with E-state index in [1.165, 1.54) is 12.8 Å². The number of unbranched alkanes of at least 4 members (excludes halogenated alkanes) is 3. The fraction of sp³-hybridized carbons (Fsp3) is 0.316. The van der Waals surface area contributed by atoms with Gasteiger partial charge in [-0.1, -0.05) is 62.2 Å². The van der Waals surface area contributed by atoms with Gasteiger partial charge in [-0.15, -0.1) is 0 Å². The Bertz CT molecular complexity index is 622. The molecule has 22 heavy (non-hydrogen) atoms. The van der Waals surface area contributed by atoms with Crippen molar-refractivity contribution in [3.63, 3.8) is 0 Å². The quantitative estimate of drug-likeness (QED) is 0.652. The molecule has 0 unspecified atom stereocenters. The number of anilines is 2. The second-order valence-electron chi connectivity index (χ2n) is 5.58. The molecule has 3 rings (SSSR count). The Labute approximate surface area is 136 Å². The van der Waals surface area contributed by atoms with Gasteiger partial charge in [-0.25, -0.2) is 0 Å². The SMILES string of the molecule is CCCCCCC(=O)N1c2ccccc2Sc2ccccc21. The minimum atomic E-state index is 0.205. The molecule has 3 heteroatoms. The van der Waals surface area contributed by atoms with E-state index in [0.29, 0.717) is 6.42 Å². The number of amides is 1. The minimum Gasteiger partial charge on any atom is -0.279 e. The summed E-state index contributed by atoms with van der Waals surface area (Å²) in [5.41, 5.74) is 2.04.